The van der Waals surface area contributed by atoms with Gasteiger partial charge >= 0.3 is 5.97 Å². The number of nitrogens with one attached hydrogen (secondary N) is 1. The number of sulfonamides is 1. The van der Waals surface area contributed by atoms with Gasteiger partial charge in [-0.15, -0.1) is 0 Å². The van der Waals surface area contributed by atoms with E-state index in [2.05, 4.69) is 17.9 Å². The molecule has 2 unspecified atom stereocenters. The van der Waals surface area contributed by atoms with Crippen molar-refractivity contribution in [2.24, 2.45) is 0 Å². The number of amides is 1. The number of thiol groups is 1. The Morgan fingerprint density at radius 1 is 1.00 bits per heavy atom. The molecule has 7 nitrogen and oxygen atoms in total. The highest BCUT2D eigenvalue weighted by Gasteiger charge is 2.43. The molecular formula is C22H20N2O5S2. The first-order valence-electron chi connectivity index (χ1n) is 9.58. The lowest BCUT2D eigenvalue weighted by Gasteiger charge is -2.23. The summed E-state index contributed by atoms with van der Waals surface area (Å²) in [5.74, 6) is -1.64. The third kappa shape index (κ3) is 4.30. The standard InChI is InChI=1S/C22H20N2O5S2/c25-21(23-17-7-3-6-16(10-17)22(26)27)20-12-18(30)13-24(20)31(28,29)19-9-8-14-4-1-2-5-15(14)11-19/h1-11,18,20,30H,12-13H2,(H,23,25)(H,26,27). The van der Waals surface area contributed by atoms with Crippen molar-refractivity contribution in [2.75, 3.05) is 11.9 Å². The number of aromatic carboxylic acids is 1. The summed E-state index contributed by atoms with van der Waals surface area (Å²) >= 11 is 4.41. The molecule has 31 heavy (non-hydrogen) atoms. The summed E-state index contributed by atoms with van der Waals surface area (Å²) in [6, 6.07) is 17.2. The molecule has 0 aliphatic carbocycles. The van der Waals surface area contributed by atoms with Gasteiger partial charge in [-0.2, -0.15) is 16.9 Å². The molecule has 3 aromatic carbocycles. The lowest BCUT2D eigenvalue weighted by molar-refractivity contribution is -0.119. The fourth-order valence-electron chi connectivity index (χ4n) is 3.71. The zero-order valence-corrected chi connectivity index (χ0v) is 18.0. The highest BCUT2D eigenvalue weighted by Crippen LogP contribution is 2.31. The lowest BCUT2D eigenvalue weighted by Crippen LogP contribution is -2.43. The minimum atomic E-state index is -3.94. The zero-order valence-electron chi connectivity index (χ0n) is 16.3. The van der Waals surface area contributed by atoms with Crippen molar-refractivity contribution in [3.05, 3.63) is 72.3 Å². The Kier molecular flexibility index (Phi) is 5.74. The summed E-state index contributed by atoms with van der Waals surface area (Å²) in [6.45, 7) is 0.103. The van der Waals surface area contributed by atoms with Crippen molar-refractivity contribution in [3.8, 4) is 0 Å². The summed E-state index contributed by atoms with van der Waals surface area (Å²) in [5, 5.41) is 13.2. The van der Waals surface area contributed by atoms with Crippen molar-refractivity contribution in [1.29, 1.82) is 0 Å². The van der Waals surface area contributed by atoms with Crippen LogP contribution in [0.25, 0.3) is 10.8 Å². The topological polar surface area (TPSA) is 104 Å². The SMILES string of the molecule is O=C(O)c1cccc(NC(=O)C2CC(S)CN2S(=O)(=O)c2ccc3ccccc3c2)c1. The van der Waals surface area contributed by atoms with E-state index in [9.17, 15) is 18.0 Å². The number of carbonyl (C=O) groups excluding carboxylic acids is 1. The van der Waals surface area contributed by atoms with E-state index in [0.717, 1.165) is 10.8 Å². The Balaban J connectivity index is 1.62. The molecule has 1 fully saturated rings. The zero-order chi connectivity index (χ0) is 22.2. The van der Waals surface area contributed by atoms with E-state index < -0.39 is 27.9 Å². The summed E-state index contributed by atoms with van der Waals surface area (Å²) in [5.41, 5.74) is 0.313. The van der Waals surface area contributed by atoms with Gasteiger partial charge in [-0.25, -0.2) is 13.2 Å². The molecule has 0 radical (unpaired) electrons. The molecule has 0 spiro atoms. The molecule has 160 valence electrons. The summed E-state index contributed by atoms with van der Waals surface area (Å²) in [7, 11) is -3.94. The number of hydrogen-bond donors (Lipinski definition) is 3. The van der Waals surface area contributed by atoms with E-state index in [-0.39, 0.29) is 34.4 Å². The van der Waals surface area contributed by atoms with E-state index in [1.807, 2.05) is 24.3 Å². The molecule has 1 saturated heterocycles. The first-order valence-corrected chi connectivity index (χ1v) is 11.5. The van der Waals surface area contributed by atoms with Crippen molar-refractivity contribution >= 4 is 51.0 Å². The van der Waals surface area contributed by atoms with Crippen molar-refractivity contribution < 1.29 is 23.1 Å². The minimum Gasteiger partial charge on any atom is -0.478 e. The van der Waals surface area contributed by atoms with Gasteiger partial charge in [0.2, 0.25) is 15.9 Å². The largest absolute Gasteiger partial charge is 0.478 e. The van der Waals surface area contributed by atoms with E-state index in [4.69, 9.17) is 5.11 Å². The number of carboxylic acids is 1. The number of carbonyl (C=O) groups is 2. The van der Waals surface area contributed by atoms with Gasteiger partial charge in [0, 0.05) is 17.5 Å². The Bertz CT molecular complexity index is 1280. The van der Waals surface area contributed by atoms with Crippen LogP contribution < -0.4 is 5.32 Å². The molecule has 1 aliphatic rings. The number of nitrogens with zero attached hydrogens (tertiary/aromatic N) is 1. The maximum atomic E-state index is 13.4. The average Bonchev–Trinajstić information content (AvgIpc) is 3.16. The van der Waals surface area contributed by atoms with E-state index in [1.165, 1.54) is 28.6 Å². The fourth-order valence-corrected chi connectivity index (χ4v) is 5.87. The van der Waals surface area contributed by atoms with Crippen LogP contribution in [0.4, 0.5) is 5.69 Å². The third-order valence-corrected chi connectivity index (χ3v) is 7.49. The molecular weight excluding hydrogens is 436 g/mol. The van der Waals surface area contributed by atoms with Crippen LogP contribution in [0.2, 0.25) is 0 Å². The molecule has 0 saturated carbocycles. The maximum absolute atomic E-state index is 13.4. The van der Waals surface area contributed by atoms with Crippen molar-refractivity contribution in [1.82, 2.24) is 4.31 Å². The Morgan fingerprint density at radius 3 is 2.48 bits per heavy atom. The number of hydrogen-bond acceptors (Lipinski definition) is 5. The molecule has 1 amide bonds. The molecule has 9 heteroatoms. The van der Waals surface area contributed by atoms with Crippen LogP contribution in [-0.4, -0.2) is 47.5 Å². The predicted octanol–water partition coefficient (Wildman–Crippen LogP) is 3.24. The molecule has 1 aliphatic heterocycles. The van der Waals surface area contributed by atoms with Crippen LogP contribution in [-0.2, 0) is 14.8 Å². The number of rotatable bonds is 5. The summed E-state index contributed by atoms with van der Waals surface area (Å²) in [6.07, 6.45) is 0.250. The van der Waals surface area contributed by atoms with Crippen LogP contribution in [0.5, 0.6) is 0 Å². The third-order valence-electron chi connectivity index (χ3n) is 5.24. The normalized spacial score (nSPS) is 19.4. The molecule has 1 heterocycles. The van der Waals surface area contributed by atoms with Gasteiger partial charge in [-0.3, -0.25) is 4.79 Å². The molecule has 2 atom stereocenters. The number of carboxylic acid groups (broad SMARTS) is 1. The van der Waals surface area contributed by atoms with Gasteiger partial charge in [-0.1, -0.05) is 36.4 Å². The van der Waals surface area contributed by atoms with Crippen LogP contribution >= 0.6 is 12.6 Å². The van der Waals surface area contributed by atoms with Crippen LogP contribution in [0.3, 0.4) is 0 Å². The second-order valence-corrected chi connectivity index (χ2v) is 9.99. The smallest absolute Gasteiger partial charge is 0.335 e. The van der Waals surface area contributed by atoms with Gasteiger partial charge in [0.05, 0.1) is 10.5 Å². The summed E-state index contributed by atoms with van der Waals surface area (Å²) in [4.78, 5) is 24.2. The van der Waals surface area contributed by atoms with Gasteiger partial charge in [0.1, 0.15) is 6.04 Å². The molecule has 4 rings (SSSR count). The quantitative estimate of drug-likeness (QED) is 0.512. The van der Waals surface area contributed by atoms with Crippen LogP contribution in [0.15, 0.2) is 71.6 Å². The second kappa shape index (κ2) is 8.33. The van der Waals surface area contributed by atoms with Crippen molar-refractivity contribution in [2.45, 2.75) is 22.6 Å². The van der Waals surface area contributed by atoms with Gasteiger partial charge in [-0.05, 0) is 47.5 Å². The number of fused-ring (bicyclic) bond motifs is 1. The number of benzene rings is 3. The van der Waals surface area contributed by atoms with Gasteiger partial charge < -0.3 is 10.4 Å². The fraction of sp³-hybridized carbons (Fsp3) is 0.182. The molecule has 3 aromatic rings. The van der Waals surface area contributed by atoms with E-state index >= 15 is 0 Å². The van der Waals surface area contributed by atoms with Crippen LogP contribution in [0.1, 0.15) is 16.8 Å². The Labute approximate surface area is 185 Å². The number of anilines is 1. The van der Waals surface area contributed by atoms with Crippen LogP contribution in [0, 0.1) is 0 Å². The Hall–Kier alpha value is -2.88. The van der Waals surface area contributed by atoms with E-state index in [0.29, 0.717) is 0 Å². The van der Waals surface area contributed by atoms with E-state index in [1.54, 1.807) is 18.2 Å². The Morgan fingerprint density at radius 2 is 1.74 bits per heavy atom. The molecule has 2 N–H and O–H groups in total. The highest BCUT2D eigenvalue weighted by atomic mass is 32.2. The average molecular weight is 457 g/mol. The maximum Gasteiger partial charge on any atom is 0.335 e. The first-order chi connectivity index (χ1) is 14.8. The summed E-state index contributed by atoms with van der Waals surface area (Å²) < 4.78 is 27.9. The van der Waals surface area contributed by atoms with Crippen molar-refractivity contribution in [3.63, 3.8) is 0 Å². The second-order valence-electron chi connectivity index (χ2n) is 7.36. The van der Waals surface area contributed by atoms with Gasteiger partial charge in [0.15, 0.2) is 0 Å². The molecule has 0 bridgehead atoms. The lowest BCUT2D eigenvalue weighted by atomic mass is 10.1. The first kappa shape index (κ1) is 21.4. The predicted molar refractivity (Wildman–Crippen MR) is 121 cm³/mol. The minimum absolute atomic E-state index is 0.0249. The highest BCUT2D eigenvalue weighted by molar-refractivity contribution is 7.89. The molecule has 0 aromatic heterocycles. The monoisotopic (exact) mass is 456 g/mol. The van der Waals surface area contributed by atoms with Gasteiger partial charge in [0.25, 0.3) is 0 Å².